The SMILES string of the molecule is CNC(C)Cc1cnc(Cc2ccccc2C(F)(F)F)o1. The first-order chi connectivity index (χ1) is 9.90. The van der Waals surface area contributed by atoms with Crippen molar-refractivity contribution < 1.29 is 17.6 Å². The zero-order valence-corrected chi connectivity index (χ0v) is 11.9. The highest BCUT2D eigenvalue weighted by Crippen LogP contribution is 2.32. The Morgan fingerprint density at radius 2 is 2.00 bits per heavy atom. The number of alkyl halides is 3. The molecule has 0 bridgehead atoms. The van der Waals surface area contributed by atoms with Crippen LogP contribution in [0.4, 0.5) is 13.2 Å². The molecular formula is C15H17F3N2O. The van der Waals surface area contributed by atoms with Crippen molar-refractivity contribution in [1.82, 2.24) is 10.3 Å². The van der Waals surface area contributed by atoms with Gasteiger partial charge in [0, 0.05) is 18.9 Å². The van der Waals surface area contributed by atoms with E-state index in [4.69, 9.17) is 4.42 Å². The van der Waals surface area contributed by atoms with E-state index >= 15 is 0 Å². The van der Waals surface area contributed by atoms with Crippen molar-refractivity contribution in [3.8, 4) is 0 Å². The summed E-state index contributed by atoms with van der Waals surface area (Å²) in [6.07, 6.45) is -2.12. The van der Waals surface area contributed by atoms with Crippen molar-refractivity contribution in [3.05, 3.63) is 53.2 Å². The van der Waals surface area contributed by atoms with Crippen molar-refractivity contribution in [2.45, 2.75) is 32.0 Å². The second-order valence-corrected chi connectivity index (χ2v) is 4.95. The van der Waals surface area contributed by atoms with Crippen LogP contribution in [0.1, 0.15) is 29.7 Å². The zero-order chi connectivity index (χ0) is 15.5. The average Bonchev–Trinajstić information content (AvgIpc) is 2.85. The van der Waals surface area contributed by atoms with E-state index in [9.17, 15) is 13.2 Å². The van der Waals surface area contributed by atoms with Gasteiger partial charge in [0.1, 0.15) is 5.76 Å². The van der Waals surface area contributed by atoms with E-state index < -0.39 is 11.7 Å². The molecule has 0 saturated carbocycles. The number of hydrogen-bond acceptors (Lipinski definition) is 3. The normalized spacial score (nSPS) is 13.4. The van der Waals surface area contributed by atoms with Gasteiger partial charge >= 0.3 is 6.18 Å². The molecule has 1 aromatic heterocycles. The predicted octanol–water partition coefficient (Wildman–Crippen LogP) is 3.43. The maximum absolute atomic E-state index is 12.9. The van der Waals surface area contributed by atoms with E-state index in [1.54, 1.807) is 12.3 Å². The van der Waals surface area contributed by atoms with Crippen LogP contribution in [0.15, 0.2) is 34.9 Å². The molecule has 0 amide bonds. The van der Waals surface area contributed by atoms with Gasteiger partial charge < -0.3 is 9.73 Å². The summed E-state index contributed by atoms with van der Waals surface area (Å²) in [5.74, 6) is 0.960. The van der Waals surface area contributed by atoms with Crippen LogP contribution in [0, 0.1) is 0 Å². The van der Waals surface area contributed by atoms with Crippen LogP contribution in [0.5, 0.6) is 0 Å². The van der Waals surface area contributed by atoms with Crippen LogP contribution in [0.3, 0.4) is 0 Å². The average molecular weight is 298 g/mol. The van der Waals surface area contributed by atoms with Crippen LogP contribution >= 0.6 is 0 Å². The lowest BCUT2D eigenvalue weighted by atomic mass is 10.0. The highest BCUT2D eigenvalue weighted by molar-refractivity contribution is 5.31. The number of likely N-dealkylation sites (N-methyl/N-ethyl adjacent to an activating group) is 1. The summed E-state index contributed by atoms with van der Waals surface area (Å²) in [6, 6.07) is 5.69. The molecule has 1 atom stereocenters. The molecule has 2 rings (SSSR count). The van der Waals surface area contributed by atoms with Crippen molar-refractivity contribution in [3.63, 3.8) is 0 Å². The lowest BCUT2D eigenvalue weighted by Gasteiger charge is -2.11. The molecule has 0 aliphatic heterocycles. The van der Waals surface area contributed by atoms with E-state index in [1.807, 2.05) is 14.0 Å². The molecule has 0 radical (unpaired) electrons. The van der Waals surface area contributed by atoms with Gasteiger partial charge in [-0.25, -0.2) is 4.98 Å². The molecule has 1 unspecified atom stereocenters. The van der Waals surface area contributed by atoms with E-state index in [-0.39, 0.29) is 18.0 Å². The fourth-order valence-electron chi connectivity index (χ4n) is 2.04. The van der Waals surface area contributed by atoms with Crippen molar-refractivity contribution in [2.24, 2.45) is 0 Å². The number of nitrogens with zero attached hydrogens (tertiary/aromatic N) is 1. The van der Waals surface area contributed by atoms with Crippen LogP contribution in [-0.2, 0) is 19.0 Å². The van der Waals surface area contributed by atoms with Crippen molar-refractivity contribution in [2.75, 3.05) is 7.05 Å². The smallest absolute Gasteiger partial charge is 0.416 e. The number of halogens is 3. The molecule has 0 aliphatic carbocycles. The van der Waals surface area contributed by atoms with Gasteiger partial charge in [-0.2, -0.15) is 13.2 Å². The Kier molecular flexibility index (Phi) is 4.67. The molecule has 1 aromatic carbocycles. The third kappa shape index (κ3) is 4.07. The summed E-state index contributed by atoms with van der Waals surface area (Å²) >= 11 is 0. The van der Waals surface area contributed by atoms with Gasteiger partial charge in [0.2, 0.25) is 0 Å². The summed E-state index contributed by atoms with van der Waals surface area (Å²) in [4.78, 5) is 4.06. The van der Waals surface area contributed by atoms with E-state index in [1.165, 1.54) is 12.1 Å². The highest BCUT2D eigenvalue weighted by Gasteiger charge is 2.33. The summed E-state index contributed by atoms with van der Waals surface area (Å²) in [6.45, 7) is 1.99. The first kappa shape index (κ1) is 15.6. The minimum atomic E-state index is -4.37. The van der Waals surface area contributed by atoms with Gasteiger partial charge in [0.15, 0.2) is 5.89 Å². The number of oxazole rings is 1. The van der Waals surface area contributed by atoms with Crippen molar-refractivity contribution >= 4 is 0 Å². The molecule has 114 valence electrons. The van der Waals surface area contributed by atoms with Gasteiger partial charge in [-0.15, -0.1) is 0 Å². The topological polar surface area (TPSA) is 38.1 Å². The highest BCUT2D eigenvalue weighted by atomic mass is 19.4. The standard InChI is InChI=1S/C15H17F3N2O/c1-10(19-2)7-12-9-20-14(21-12)8-11-5-3-4-6-13(11)15(16,17)18/h3-6,9-10,19H,7-8H2,1-2H3. The van der Waals surface area contributed by atoms with E-state index in [0.29, 0.717) is 18.1 Å². The van der Waals surface area contributed by atoms with E-state index in [2.05, 4.69) is 10.3 Å². The molecule has 21 heavy (non-hydrogen) atoms. The molecule has 0 spiro atoms. The number of hydrogen-bond donors (Lipinski definition) is 1. The van der Waals surface area contributed by atoms with Crippen LogP contribution in [-0.4, -0.2) is 18.1 Å². The number of aromatic nitrogens is 1. The van der Waals surface area contributed by atoms with Crippen LogP contribution in [0.2, 0.25) is 0 Å². The van der Waals surface area contributed by atoms with Gasteiger partial charge in [0.05, 0.1) is 11.8 Å². The maximum Gasteiger partial charge on any atom is 0.416 e. The third-order valence-electron chi connectivity index (χ3n) is 3.27. The quantitative estimate of drug-likeness (QED) is 0.919. The van der Waals surface area contributed by atoms with Gasteiger partial charge in [-0.05, 0) is 25.6 Å². The minimum absolute atomic E-state index is 0.0314. The largest absolute Gasteiger partial charge is 0.445 e. The Morgan fingerprint density at radius 1 is 1.29 bits per heavy atom. The first-order valence-corrected chi connectivity index (χ1v) is 6.66. The lowest BCUT2D eigenvalue weighted by molar-refractivity contribution is -0.138. The summed E-state index contributed by atoms with van der Waals surface area (Å²) in [5, 5.41) is 3.06. The summed E-state index contributed by atoms with van der Waals surface area (Å²) in [7, 11) is 1.83. The molecule has 1 heterocycles. The molecule has 0 fully saturated rings. The molecule has 2 aromatic rings. The number of rotatable bonds is 5. The monoisotopic (exact) mass is 298 g/mol. The Labute approximate surface area is 121 Å². The van der Waals surface area contributed by atoms with Gasteiger partial charge in [-0.3, -0.25) is 0 Å². The Morgan fingerprint density at radius 3 is 2.67 bits per heavy atom. The van der Waals surface area contributed by atoms with Crippen LogP contribution < -0.4 is 5.32 Å². The van der Waals surface area contributed by atoms with Gasteiger partial charge in [0.25, 0.3) is 0 Å². The first-order valence-electron chi connectivity index (χ1n) is 6.66. The minimum Gasteiger partial charge on any atom is -0.445 e. The Balaban J connectivity index is 2.16. The van der Waals surface area contributed by atoms with E-state index in [0.717, 1.165) is 6.07 Å². The number of benzene rings is 1. The fourth-order valence-corrected chi connectivity index (χ4v) is 2.04. The lowest BCUT2D eigenvalue weighted by Crippen LogP contribution is -2.23. The van der Waals surface area contributed by atoms with Crippen LogP contribution in [0.25, 0.3) is 0 Å². The Hall–Kier alpha value is -1.82. The molecular weight excluding hydrogens is 281 g/mol. The number of nitrogens with one attached hydrogen (secondary N) is 1. The fraction of sp³-hybridized carbons (Fsp3) is 0.400. The summed E-state index contributed by atoms with van der Waals surface area (Å²) < 4.78 is 44.3. The zero-order valence-electron chi connectivity index (χ0n) is 11.9. The predicted molar refractivity (Wildman–Crippen MR) is 73.0 cm³/mol. The third-order valence-corrected chi connectivity index (χ3v) is 3.27. The Bertz CT molecular complexity index is 593. The van der Waals surface area contributed by atoms with Gasteiger partial charge in [-0.1, -0.05) is 18.2 Å². The molecule has 0 saturated heterocycles. The summed E-state index contributed by atoms with van der Waals surface area (Å²) in [5.41, 5.74) is -0.478. The molecule has 1 N–H and O–H groups in total. The molecule has 0 aliphatic rings. The maximum atomic E-state index is 12.9. The molecule has 6 heteroatoms. The molecule has 3 nitrogen and oxygen atoms in total. The second-order valence-electron chi connectivity index (χ2n) is 4.95. The second kappa shape index (κ2) is 6.30. The van der Waals surface area contributed by atoms with Crippen molar-refractivity contribution in [1.29, 1.82) is 0 Å².